The van der Waals surface area contributed by atoms with E-state index >= 15 is 0 Å². The van der Waals surface area contributed by atoms with Crippen molar-refractivity contribution in [2.75, 3.05) is 13.7 Å². The van der Waals surface area contributed by atoms with Gasteiger partial charge in [0.25, 0.3) is 5.91 Å². The molecule has 0 fully saturated rings. The molecule has 20 heavy (non-hydrogen) atoms. The molecule has 2 aromatic rings. The molecule has 0 bridgehead atoms. The van der Waals surface area contributed by atoms with Gasteiger partial charge in [0.1, 0.15) is 12.4 Å². The maximum absolute atomic E-state index is 12.1. The van der Waals surface area contributed by atoms with Crippen molar-refractivity contribution < 1.29 is 14.3 Å². The average Bonchev–Trinajstić information content (AvgIpc) is 3.04. The molecule has 0 aliphatic rings. The highest BCUT2D eigenvalue weighted by Crippen LogP contribution is 2.16. The Morgan fingerprint density at radius 1 is 1.50 bits per heavy atom. The van der Waals surface area contributed by atoms with Gasteiger partial charge >= 0.3 is 0 Å². The standard InChI is InChI=1S/C15H15NO3S/c1-11-5-6-14(19-11)15(18)16(2)9-12-8-13(20-10-12)4-3-7-17/h5-6,8,10,17H,7,9H2,1-2H3. The van der Waals surface area contributed by atoms with Crippen molar-refractivity contribution in [3.05, 3.63) is 45.5 Å². The van der Waals surface area contributed by atoms with E-state index in [0.717, 1.165) is 16.2 Å². The second kappa shape index (κ2) is 6.42. The number of aliphatic hydroxyl groups is 1. The molecule has 1 N–H and O–H groups in total. The fourth-order valence-electron chi connectivity index (χ4n) is 1.73. The minimum absolute atomic E-state index is 0.146. The van der Waals surface area contributed by atoms with Gasteiger partial charge in [-0.25, -0.2) is 0 Å². The first-order chi connectivity index (χ1) is 9.60. The van der Waals surface area contributed by atoms with Crippen LogP contribution in [-0.2, 0) is 6.54 Å². The highest BCUT2D eigenvalue weighted by atomic mass is 32.1. The van der Waals surface area contributed by atoms with Crippen molar-refractivity contribution in [1.29, 1.82) is 0 Å². The second-order valence-corrected chi connectivity index (χ2v) is 5.26. The van der Waals surface area contributed by atoms with Crippen LogP contribution in [0.5, 0.6) is 0 Å². The predicted molar refractivity (Wildman–Crippen MR) is 77.5 cm³/mol. The molecule has 0 saturated heterocycles. The van der Waals surface area contributed by atoms with Crippen molar-refractivity contribution in [1.82, 2.24) is 4.90 Å². The number of thiophene rings is 1. The fourth-order valence-corrected chi connectivity index (χ4v) is 2.51. The SMILES string of the molecule is Cc1ccc(C(=O)N(C)Cc2csc(C#CCO)c2)o1. The van der Waals surface area contributed by atoms with E-state index in [1.807, 2.05) is 18.4 Å². The summed E-state index contributed by atoms with van der Waals surface area (Å²) in [7, 11) is 1.73. The molecule has 1 amide bonds. The minimum atomic E-state index is -0.149. The van der Waals surface area contributed by atoms with E-state index in [9.17, 15) is 4.79 Å². The molecule has 0 saturated carbocycles. The van der Waals surface area contributed by atoms with Crippen molar-refractivity contribution in [3.8, 4) is 11.8 Å². The van der Waals surface area contributed by atoms with Crippen molar-refractivity contribution in [2.45, 2.75) is 13.5 Å². The van der Waals surface area contributed by atoms with E-state index in [0.29, 0.717) is 12.3 Å². The molecule has 2 rings (SSSR count). The average molecular weight is 289 g/mol. The van der Waals surface area contributed by atoms with E-state index in [1.165, 1.54) is 11.3 Å². The lowest BCUT2D eigenvalue weighted by atomic mass is 10.3. The molecular formula is C15H15NO3S. The van der Waals surface area contributed by atoms with Gasteiger partial charge in [0.05, 0.1) is 4.88 Å². The largest absolute Gasteiger partial charge is 0.456 e. The Bertz CT molecular complexity index is 660. The monoisotopic (exact) mass is 289 g/mol. The van der Waals surface area contributed by atoms with E-state index < -0.39 is 0 Å². The number of amides is 1. The molecule has 104 valence electrons. The number of rotatable bonds is 3. The van der Waals surface area contributed by atoms with Crippen LogP contribution in [0, 0.1) is 18.8 Å². The Kier molecular flexibility index (Phi) is 4.61. The van der Waals surface area contributed by atoms with Crippen LogP contribution in [0.1, 0.15) is 26.8 Å². The third-order valence-electron chi connectivity index (χ3n) is 2.66. The van der Waals surface area contributed by atoms with Crippen LogP contribution in [-0.4, -0.2) is 29.6 Å². The molecule has 0 radical (unpaired) electrons. The van der Waals surface area contributed by atoms with Gasteiger partial charge in [-0.3, -0.25) is 4.79 Å². The van der Waals surface area contributed by atoms with Crippen molar-refractivity contribution >= 4 is 17.2 Å². The van der Waals surface area contributed by atoms with E-state index in [-0.39, 0.29) is 12.5 Å². The summed E-state index contributed by atoms with van der Waals surface area (Å²) in [5.41, 5.74) is 1.01. The van der Waals surface area contributed by atoms with Gasteiger partial charge in [-0.2, -0.15) is 0 Å². The number of hydrogen-bond acceptors (Lipinski definition) is 4. The highest BCUT2D eigenvalue weighted by Gasteiger charge is 2.15. The van der Waals surface area contributed by atoms with Crippen LogP contribution in [0.3, 0.4) is 0 Å². The number of aliphatic hydroxyl groups excluding tert-OH is 1. The molecule has 0 unspecified atom stereocenters. The molecule has 2 aromatic heterocycles. The normalized spacial score (nSPS) is 9.95. The van der Waals surface area contributed by atoms with Gasteiger partial charge < -0.3 is 14.4 Å². The Morgan fingerprint density at radius 2 is 2.30 bits per heavy atom. The molecule has 0 aliphatic carbocycles. The summed E-state index contributed by atoms with van der Waals surface area (Å²) in [6.45, 7) is 2.15. The molecular weight excluding hydrogens is 274 g/mol. The summed E-state index contributed by atoms with van der Waals surface area (Å²) in [6.07, 6.45) is 0. The molecule has 0 aliphatic heterocycles. The van der Waals surface area contributed by atoms with Gasteiger partial charge in [-0.15, -0.1) is 11.3 Å². The molecule has 0 spiro atoms. The fraction of sp³-hybridized carbons (Fsp3) is 0.267. The number of nitrogens with zero attached hydrogens (tertiary/aromatic N) is 1. The first-order valence-corrected chi connectivity index (χ1v) is 6.97. The smallest absolute Gasteiger partial charge is 0.289 e. The Hall–Kier alpha value is -2.03. The van der Waals surface area contributed by atoms with Gasteiger partial charge in [0.2, 0.25) is 0 Å². The lowest BCUT2D eigenvalue weighted by molar-refractivity contribution is 0.0752. The zero-order chi connectivity index (χ0) is 14.5. The van der Waals surface area contributed by atoms with Crippen LogP contribution in [0.25, 0.3) is 0 Å². The summed E-state index contributed by atoms with van der Waals surface area (Å²) < 4.78 is 5.32. The Labute approximate surface area is 121 Å². The predicted octanol–water partition coefficient (Wildman–Crippen LogP) is 2.27. The van der Waals surface area contributed by atoms with Crippen LogP contribution >= 0.6 is 11.3 Å². The van der Waals surface area contributed by atoms with Gasteiger partial charge in [-0.05, 0) is 36.1 Å². The van der Waals surface area contributed by atoms with Crippen LogP contribution < -0.4 is 0 Å². The number of carbonyl (C=O) groups is 1. The molecule has 2 heterocycles. The third-order valence-corrected chi connectivity index (χ3v) is 3.56. The first kappa shape index (κ1) is 14.4. The molecule has 4 nitrogen and oxygen atoms in total. The highest BCUT2D eigenvalue weighted by molar-refractivity contribution is 7.10. The van der Waals surface area contributed by atoms with Gasteiger partial charge in [0.15, 0.2) is 5.76 Å². The second-order valence-electron chi connectivity index (χ2n) is 4.35. The zero-order valence-corrected chi connectivity index (χ0v) is 12.2. The quantitative estimate of drug-likeness (QED) is 0.882. The number of furan rings is 1. The minimum Gasteiger partial charge on any atom is -0.456 e. The van der Waals surface area contributed by atoms with Gasteiger partial charge in [0, 0.05) is 13.6 Å². The maximum atomic E-state index is 12.1. The van der Waals surface area contributed by atoms with E-state index in [1.54, 1.807) is 24.1 Å². The van der Waals surface area contributed by atoms with Crippen molar-refractivity contribution in [3.63, 3.8) is 0 Å². The summed E-state index contributed by atoms with van der Waals surface area (Å²) in [6, 6.07) is 5.37. The van der Waals surface area contributed by atoms with Gasteiger partial charge in [-0.1, -0.05) is 11.8 Å². The van der Waals surface area contributed by atoms with Crippen molar-refractivity contribution in [2.24, 2.45) is 0 Å². The van der Waals surface area contributed by atoms with Crippen LogP contribution in [0.2, 0.25) is 0 Å². The zero-order valence-electron chi connectivity index (χ0n) is 11.3. The summed E-state index contributed by atoms with van der Waals surface area (Å²) in [4.78, 5) is 14.6. The topological polar surface area (TPSA) is 53.7 Å². The first-order valence-electron chi connectivity index (χ1n) is 6.09. The van der Waals surface area contributed by atoms with Crippen LogP contribution in [0.4, 0.5) is 0 Å². The lowest BCUT2D eigenvalue weighted by Gasteiger charge is -2.14. The molecule has 0 atom stereocenters. The lowest BCUT2D eigenvalue weighted by Crippen LogP contribution is -2.25. The van der Waals surface area contributed by atoms with E-state index in [4.69, 9.17) is 9.52 Å². The number of hydrogen-bond donors (Lipinski definition) is 1. The summed E-state index contributed by atoms with van der Waals surface area (Å²) in [5.74, 6) is 6.37. The van der Waals surface area contributed by atoms with Crippen LogP contribution in [0.15, 0.2) is 28.0 Å². The Morgan fingerprint density at radius 3 is 2.95 bits per heavy atom. The molecule has 0 aromatic carbocycles. The number of carbonyl (C=O) groups excluding carboxylic acids is 1. The maximum Gasteiger partial charge on any atom is 0.289 e. The molecule has 5 heteroatoms. The third kappa shape index (κ3) is 3.50. The number of aryl methyl sites for hydroxylation is 1. The summed E-state index contributed by atoms with van der Waals surface area (Å²) >= 11 is 1.50. The van der Waals surface area contributed by atoms with E-state index in [2.05, 4.69) is 11.8 Å². The summed E-state index contributed by atoms with van der Waals surface area (Å²) in [5, 5.41) is 10.6. The Balaban J connectivity index is 2.02.